The Morgan fingerprint density at radius 1 is 1.15 bits per heavy atom. The van der Waals surface area contributed by atoms with Gasteiger partial charge in [0.25, 0.3) is 5.56 Å². The number of carbonyl (C=O) groups excluding carboxylic acids is 1. The van der Waals surface area contributed by atoms with Crippen molar-refractivity contribution >= 4 is 50.6 Å². The Kier molecular flexibility index (Phi) is 7.09. The number of ether oxygens (including phenoxy) is 2. The minimum Gasteiger partial charge on any atom is -0.477 e. The van der Waals surface area contributed by atoms with Gasteiger partial charge in [0.2, 0.25) is 0 Å². The second-order valence-electron chi connectivity index (χ2n) is 7.27. The zero-order chi connectivity index (χ0) is 24.2. The first-order valence-corrected chi connectivity index (χ1v) is 11.4. The van der Waals surface area contributed by atoms with Crippen LogP contribution in [-0.2, 0) is 9.53 Å². The fraction of sp³-hybridized carbons (Fsp3) is 0.120. The molecule has 0 aliphatic heterocycles. The monoisotopic (exact) mass is 539 g/mol. The Morgan fingerprint density at radius 2 is 1.85 bits per heavy atom. The van der Waals surface area contributed by atoms with Crippen molar-refractivity contribution < 1.29 is 14.3 Å². The zero-order valence-electron chi connectivity index (χ0n) is 18.2. The van der Waals surface area contributed by atoms with Gasteiger partial charge in [-0.05, 0) is 47.1 Å². The lowest BCUT2D eigenvalue weighted by atomic mass is 10.2. The van der Waals surface area contributed by atoms with Gasteiger partial charge in [-0.3, -0.25) is 4.79 Å². The number of halogens is 2. The van der Waals surface area contributed by atoms with Gasteiger partial charge in [-0.1, -0.05) is 54.1 Å². The van der Waals surface area contributed by atoms with Crippen LogP contribution in [0, 0.1) is 0 Å². The van der Waals surface area contributed by atoms with E-state index in [4.69, 9.17) is 21.1 Å². The summed E-state index contributed by atoms with van der Waals surface area (Å²) in [6.45, 7) is 1.57. The molecule has 0 amide bonds. The molecule has 1 heterocycles. The van der Waals surface area contributed by atoms with Gasteiger partial charge in [-0.15, -0.1) is 0 Å². The zero-order valence-corrected chi connectivity index (χ0v) is 20.6. The summed E-state index contributed by atoms with van der Waals surface area (Å²) in [5, 5.41) is 5.31. The van der Waals surface area contributed by atoms with Crippen LogP contribution in [0.4, 0.5) is 0 Å². The highest BCUT2D eigenvalue weighted by molar-refractivity contribution is 9.10. The molecule has 0 fully saturated rings. The highest BCUT2D eigenvalue weighted by atomic mass is 79.9. The van der Waals surface area contributed by atoms with E-state index in [9.17, 15) is 9.59 Å². The molecule has 7 nitrogen and oxygen atoms in total. The van der Waals surface area contributed by atoms with Crippen molar-refractivity contribution in [2.24, 2.45) is 5.10 Å². The Bertz CT molecular complexity index is 1450. The second-order valence-corrected chi connectivity index (χ2v) is 8.56. The van der Waals surface area contributed by atoms with Gasteiger partial charge in [-0.2, -0.15) is 9.78 Å². The summed E-state index contributed by atoms with van der Waals surface area (Å²) in [6, 6.07) is 19.6. The fourth-order valence-corrected chi connectivity index (χ4v) is 4.24. The summed E-state index contributed by atoms with van der Waals surface area (Å²) < 4.78 is 12.3. The molecule has 172 valence electrons. The van der Waals surface area contributed by atoms with Gasteiger partial charge in [0, 0.05) is 16.1 Å². The molecule has 1 atom stereocenters. The van der Waals surface area contributed by atoms with E-state index in [1.54, 1.807) is 37.3 Å². The van der Waals surface area contributed by atoms with Gasteiger partial charge in [0.15, 0.2) is 11.9 Å². The lowest BCUT2D eigenvalue weighted by molar-refractivity contribution is -0.147. The molecule has 34 heavy (non-hydrogen) atoms. The van der Waals surface area contributed by atoms with Crippen LogP contribution in [0.25, 0.3) is 22.3 Å². The van der Waals surface area contributed by atoms with Crippen molar-refractivity contribution in [3.63, 3.8) is 0 Å². The van der Waals surface area contributed by atoms with Crippen LogP contribution in [0.2, 0.25) is 5.02 Å². The number of methoxy groups -OCH3 is 1. The molecule has 0 bridgehead atoms. The van der Waals surface area contributed by atoms with Gasteiger partial charge in [-0.25, -0.2) is 9.78 Å². The minimum atomic E-state index is -0.875. The lowest BCUT2D eigenvalue weighted by Gasteiger charge is -2.16. The normalized spacial score (nSPS) is 12.1. The smallest absolute Gasteiger partial charge is 0.346 e. The maximum absolute atomic E-state index is 13.4. The van der Waals surface area contributed by atoms with Crippen LogP contribution >= 0.6 is 27.5 Å². The number of para-hydroxylation sites is 1. The maximum atomic E-state index is 13.4. The van der Waals surface area contributed by atoms with Gasteiger partial charge < -0.3 is 9.47 Å². The number of aromatic nitrogens is 2. The Morgan fingerprint density at radius 3 is 2.59 bits per heavy atom. The van der Waals surface area contributed by atoms with Crippen molar-refractivity contribution in [3.05, 3.63) is 92.1 Å². The predicted octanol–water partition coefficient (Wildman–Crippen LogP) is 5.30. The molecule has 0 aliphatic carbocycles. The number of hydrogen-bond donors (Lipinski definition) is 0. The largest absolute Gasteiger partial charge is 0.477 e. The summed E-state index contributed by atoms with van der Waals surface area (Å²) in [4.78, 5) is 29.9. The summed E-state index contributed by atoms with van der Waals surface area (Å²) in [6.07, 6.45) is 0.569. The standard InChI is InChI=1S/C25H19BrClN3O4/c1-15(25(32)33-2)34-22-17(12-18(27)13-20(22)26)14-28-30-23(16-8-4-3-5-9-16)29-21-11-7-6-10-19(21)24(30)31/h3-15H,1-2H3/t15-/m1/s1. The van der Waals surface area contributed by atoms with E-state index >= 15 is 0 Å². The van der Waals surface area contributed by atoms with Crippen LogP contribution < -0.4 is 10.3 Å². The van der Waals surface area contributed by atoms with E-state index in [0.29, 0.717) is 37.5 Å². The molecule has 1 aromatic heterocycles. The van der Waals surface area contributed by atoms with Crippen molar-refractivity contribution in [1.29, 1.82) is 0 Å². The fourth-order valence-electron chi connectivity index (χ4n) is 3.32. The number of carbonyl (C=O) groups is 1. The summed E-state index contributed by atoms with van der Waals surface area (Å²) in [7, 11) is 1.28. The highest BCUT2D eigenvalue weighted by Crippen LogP contribution is 2.33. The molecule has 0 saturated carbocycles. The molecule has 4 aromatic rings. The topological polar surface area (TPSA) is 82.8 Å². The third-order valence-corrected chi connectivity index (χ3v) is 5.77. The quantitative estimate of drug-likeness (QED) is 0.245. The van der Waals surface area contributed by atoms with Crippen LogP contribution in [0.3, 0.4) is 0 Å². The number of esters is 1. The van der Waals surface area contributed by atoms with Crippen molar-refractivity contribution in [2.75, 3.05) is 7.11 Å². The molecule has 0 radical (unpaired) electrons. The molecule has 4 rings (SSSR count). The third kappa shape index (κ3) is 4.88. The summed E-state index contributed by atoms with van der Waals surface area (Å²) in [5.74, 6) is 0.173. The van der Waals surface area contributed by atoms with E-state index in [1.807, 2.05) is 36.4 Å². The molecular weight excluding hydrogens is 522 g/mol. The molecule has 0 unspecified atom stereocenters. The molecule has 0 spiro atoms. The number of nitrogens with zero attached hydrogens (tertiary/aromatic N) is 3. The third-order valence-electron chi connectivity index (χ3n) is 4.96. The number of benzene rings is 3. The predicted molar refractivity (Wildman–Crippen MR) is 136 cm³/mol. The number of hydrogen-bond acceptors (Lipinski definition) is 6. The number of fused-ring (bicyclic) bond motifs is 1. The molecule has 0 N–H and O–H groups in total. The average Bonchev–Trinajstić information content (AvgIpc) is 2.85. The molecular formula is C25H19BrClN3O4. The Labute approximate surface area is 208 Å². The first kappa shape index (κ1) is 23.7. The van der Waals surface area contributed by atoms with E-state index < -0.39 is 12.1 Å². The lowest BCUT2D eigenvalue weighted by Crippen LogP contribution is -2.25. The first-order valence-electron chi connectivity index (χ1n) is 10.2. The minimum absolute atomic E-state index is 0.327. The Hall–Kier alpha value is -3.49. The van der Waals surface area contributed by atoms with Crippen molar-refractivity contribution in [3.8, 4) is 17.1 Å². The summed E-state index contributed by atoms with van der Waals surface area (Å²) in [5.41, 5.74) is 1.42. The van der Waals surface area contributed by atoms with E-state index in [-0.39, 0.29) is 5.56 Å². The highest BCUT2D eigenvalue weighted by Gasteiger charge is 2.19. The molecule has 3 aromatic carbocycles. The molecule has 9 heteroatoms. The number of rotatable bonds is 6. The molecule has 0 aliphatic rings. The van der Waals surface area contributed by atoms with Crippen molar-refractivity contribution in [2.45, 2.75) is 13.0 Å². The van der Waals surface area contributed by atoms with Gasteiger partial charge in [0.1, 0.15) is 5.75 Å². The SMILES string of the molecule is COC(=O)[C@@H](C)Oc1c(Br)cc(Cl)cc1C=Nn1c(-c2ccccc2)nc2ccccc2c1=O. The first-order chi connectivity index (χ1) is 16.4. The van der Waals surface area contributed by atoms with Crippen LogP contribution in [0.15, 0.2) is 81.1 Å². The van der Waals surface area contributed by atoms with Gasteiger partial charge in [0.05, 0.1) is 28.7 Å². The maximum Gasteiger partial charge on any atom is 0.346 e. The van der Waals surface area contributed by atoms with Gasteiger partial charge >= 0.3 is 5.97 Å². The molecule has 0 saturated heterocycles. The van der Waals surface area contributed by atoms with Crippen LogP contribution in [0.1, 0.15) is 12.5 Å². The van der Waals surface area contributed by atoms with E-state index in [0.717, 1.165) is 5.56 Å². The van der Waals surface area contributed by atoms with Crippen molar-refractivity contribution in [1.82, 2.24) is 9.66 Å². The van der Waals surface area contributed by atoms with Crippen LogP contribution in [0.5, 0.6) is 5.75 Å². The Balaban J connectivity index is 1.87. The second kappa shape index (κ2) is 10.2. The van der Waals surface area contributed by atoms with E-state index in [2.05, 4.69) is 26.0 Å². The average molecular weight is 541 g/mol. The summed E-state index contributed by atoms with van der Waals surface area (Å²) >= 11 is 9.66. The van der Waals surface area contributed by atoms with Crippen LogP contribution in [-0.4, -0.2) is 35.1 Å². The van der Waals surface area contributed by atoms with E-state index in [1.165, 1.54) is 18.0 Å².